The average molecular weight is 188 g/mol. The highest BCUT2D eigenvalue weighted by molar-refractivity contribution is 5.69. The first-order valence-corrected chi connectivity index (χ1v) is 4.38. The molecule has 2 atom stereocenters. The van der Waals surface area contributed by atoms with E-state index in [0.717, 1.165) is 0 Å². The first kappa shape index (κ1) is 11.9. The molecule has 0 saturated carbocycles. The van der Waals surface area contributed by atoms with Crippen LogP contribution < -0.4 is 0 Å². The van der Waals surface area contributed by atoms with E-state index in [1.165, 1.54) is 0 Å². The van der Waals surface area contributed by atoms with Crippen molar-refractivity contribution in [2.24, 2.45) is 11.8 Å². The molecule has 76 valence electrons. The van der Waals surface area contributed by atoms with Gasteiger partial charge in [0.05, 0.1) is 5.92 Å². The molecule has 0 unspecified atom stereocenters. The Balaban J connectivity index is 3.67. The molecule has 0 aromatic rings. The number of carboxylic acid groups (broad SMARTS) is 2. The minimum Gasteiger partial charge on any atom is -0.481 e. The van der Waals surface area contributed by atoms with Crippen LogP contribution in [0.15, 0.2) is 0 Å². The number of carbonyl (C=O) groups is 2. The Labute approximate surface area is 77.6 Å². The molecular weight excluding hydrogens is 172 g/mol. The fourth-order valence-corrected chi connectivity index (χ4v) is 1.19. The van der Waals surface area contributed by atoms with Crippen LogP contribution in [-0.2, 0) is 9.59 Å². The minimum absolute atomic E-state index is 0.119. The van der Waals surface area contributed by atoms with Gasteiger partial charge in [0.15, 0.2) is 0 Å². The van der Waals surface area contributed by atoms with E-state index < -0.39 is 11.9 Å². The Kier molecular flexibility index (Phi) is 5.11. The van der Waals surface area contributed by atoms with Gasteiger partial charge >= 0.3 is 11.9 Å². The molecule has 0 aromatic carbocycles. The van der Waals surface area contributed by atoms with Gasteiger partial charge in [-0.3, -0.25) is 9.59 Å². The third-order valence-corrected chi connectivity index (χ3v) is 2.03. The number of hydrogen-bond acceptors (Lipinski definition) is 2. The van der Waals surface area contributed by atoms with Crippen molar-refractivity contribution in [3.8, 4) is 0 Å². The molecule has 0 bridgehead atoms. The van der Waals surface area contributed by atoms with E-state index in [-0.39, 0.29) is 18.3 Å². The summed E-state index contributed by atoms with van der Waals surface area (Å²) in [6, 6.07) is 0. The lowest BCUT2D eigenvalue weighted by Gasteiger charge is -2.12. The summed E-state index contributed by atoms with van der Waals surface area (Å²) in [7, 11) is 0. The zero-order valence-corrected chi connectivity index (χ0v) is 7.99. The van der Waals surface area contributed by atoms with Crippen LogP contribution >= 0.6 is 0 Å². The molecule has 2 N–H and O–H groups in total. The lowest BCUT2D eigenvalue weighted by atomic mass is 9.94. The summed E-state index contributed by atoms with van der Waals surface area (Å²) in [5.41, 5.74) is 0. The van der Waals surface area contributed by atoms with Crippen LogP contribution in [0.2, 0.25) is 0 Å². The smallest absolute Gasteiger partial charge is 0.306 e. The van der Waals surface area contributed by atoms with E-state index in [2.05, 4.69) is 0 Å². The topological polar surface area (TPSA) is 74.6 Å². The molecule has 13 heavy (non-hydrogen) atoms. The predicted octanol–water partition coefficient (Wildman–Crippen LogP) is 1.60. The van der Waals surface area contributed by atoms with Gasteiger partial charge < -0.3 is 10.2 Å². The molecule has 0 aliphatic heterocycles. The van der Waals surface area contributed by atoms with Crippen LogP contribution in [0.1, 0.15) is 33.1 Å². The molecule has 0 fully saturated rings. The van der Waals surface area contributed by atoms with Crippen molar-refractivity contribution in [2.45, 2.75) is 33.1 Å². The Bertz CT molecular complexity index is 188. The second kappa shape index (κ2) is 5.56. The summed E-state index contributed by atoms with van der Waals surface area (Å²) < 4.78 is 0. The normalized spacial score (nSPS) is 14.9. The molecule has 0 rings (SSSR count). The van der Waals surface area contributed by atoms with Crippen molar-refractivity contribution >= 4 is 11.9 Å². The maximum Gasteiger partial charge on any atom is 0.306 e. The zero-order valence-electron chi connectivity index (χ0n) is 7.99. The van der Waals surface area contributed by atoms with Crippen LogP contribution in [0.4, 0.5) is 0 Å². The van der Waals surface area contributed by atoms with Crippen LogP contribution in [0.25, 0.3) is 0 Å². The van der Waals surface area contributed by atoms with Crippen molar-refractivity contribution < 1.29 is 19.8 Å². The highest BCUT2D eigenvalue weighted by Gasteiger charge is 2.15. The highest BCUT2D eigenvalue weighted by atomic mass is 16.4. The summed E-state index contributed by atoms with van der Waals surface area (Å²) in [4.78, 5) is 20.7. The average Bonchev–Trinajstić information content (AvgIpc) is 2.00. The summed E-state index contributed by atoms with van der Waals surface area (Å²) in [6.07, 6.45) is 1.21. The van der Waals surface area contributed by atoms with Gasteiger partial charge in [-0.15, -0.1) is 0 Å². The minimum atomic E-state index is -0.824. The number of carboxylic acids is 2. The molecule has 0 radical (unpaired) electrons. The van der Waals surface area contributed by atoms with Gasteiger partial charge in [0, 0.05) is 6.42 Å². The van der Waals surface area contributed by atoms with Crippen molar-refractivity contribution in [1.29, 1.82) is 0 Å². The molecule has 0 amide bonds. The van der Waals surface area contributed by atoms with Gasteiger partial charge in [-0.1, -0.05) is 13.8 Å². The Hall–Kier alpha value is -1.06. The molecule has 0 aromatic heterocycles. The summed E-state index contributed by atoms with van der Waals surface area (Å²) in [5.74, 6) is -1.87. The maximum atomic E-state index is 10.5. The molecule has 0 heterocycles. The molecule has 4 heteroatoms. The second-order valence-electron chi connectivity index (χ2n) is 3.51. The van der Waals surface area contributed by atoms with E-state index in [9.17, 15) is 9.59 Å². The largest absolute Gasteiger partial charge is 0.481 e. The van der Waals surface area contributed by atoms with E-state index in [1.54, 1.807) is 6.92 Å². The standard InChI is InChI=1S/C9H16O4/c1-6(3-4-8(10)11)5-7(2)9(12)13/h6-7H,3-5H2,1-2H3,(H,10,11)(H,12,13)/t6-,7-/m1/s1. The van der Waals surface area contributed by atoms with Gasteiger partial charge in [0.25, 0.3) is 0 Å². The van der Waals surface area contributed by atoms with Gasteiger partial charge in [-0.05, 0) is 18.8 Å². The van der Waals surface area contributed by atoms with E-state index in [0.29, 0.717) is 12.8 Å². The van der Waals surface area contributed by atoms with Crippen LogP contribution in [0, 0.1) is 11.8 Å². The molecule has 0 aliphatic rings. The molecule has 0 saturated heterocycles. The maximum absolute atomic E-state index is 10.5. The van der Waals surface area contributed by atoms with Crippen molar-refractivity contribution in [2.75, 3.05) is 0 Å². The first-order valence-electron chi connectivity index (χ1n) is 4.38. The third-order valence-electron chi connectivity index (χ3n) is 2.03. The Morgan fingerprint density at radius 3 is 2.15 bits per heavy atom. The zero-order chi connectivity index (χ0) is 10.4. The van der Waals surface area contributed by atoms with Gasteiger partial charge in [0.1, 0.15) is 0 Å². The quantitative estimate of drug-likeness (QED) is 0.663. The molecule has 0 aliphatic carbocycles. The lowest BCUT2D eigenvalue weighted by Crippen LogP contribution is -2.13. The predicted molar refractivity (Wildman–Crippen MR) is 47.5 cm³/mol. The third kappa shape index (κ3) is 6.13. The molecule has 0 spiro atoms. The first-order chi connectivity index (χ1) is 5.93. The fraction of sp³-hybridized carbons (Fsp3) is 0.778. The molecule has 4 nitrogen and oxygen atoms in total. The van der Waals surface area contributed by atoms with Crippen molar-refractivity contribution in [1.82, 2.24) is 0 Å². The number of rotatable bonds is 6. The van der Waals surface area contributed by atoms with E-state index in [1.807, 2.05) is 6.92 Å². The van der Waals surface area contributed by atoms with Crippen LogP contribution in [-0.4, -0.2) is 22.2 Å². The van der Waals surface area contributed by atoms with Crippen LogP contribution in [0.5, 0.6) is 0 Å². The fourth-order valence-electron chi connectivity index (χ4n) is 1.19. The number of aliphatic carboxylic acids is 2. The van der Waals surface area contributed by atoms with Gasteiger partial charge in [0.2, 0.25) is 0 Å². The Morgan fingerprint density at radius 1 is 1.23 bits per heavy atom. The Morgan fingerprint density at radius 2 is 1.77 bits per heavy atom. The monoisotopic (exact) mass is 188 g/mol. The molecular formula is C9H16O4. The lowest BCUT2D eigenvalue weighted by molar-refractivity contribution is -0.141. The van der Waals surface area contributed by atoms with Crippen molar-refractivity contribution in [3.05, 3.63) is 0 Å². The van der Waals surface area contributed by atoms with Gasteiger partial charge in [-0.25, -0.2) is 0 Å². The summed E-state index contributed by atoms with van der Waals surface area (Å²) >= 11 is 0. The number of hydrogen-bond donors (Lipinski definition) is 2. The summed E-state index contributed by atoms with van der Waals surface area (Å²) in [5, 5.41) is 17.0. The summed E-state index contributed by atoms with van der Waals surface area (Å²) in [6.45, 7) is 3.52. The van der Waals surface area contributed by atoms with Crippen LogP contribution in [0.3, 0.4) is 0 Å². The van der Waals surface area contributed by atoms with E-state index in [4.69, 9.17) is 10.2 Å². The van der Waals surface area contributed by atoms with E-state index >= 15 is 0 Å². The highest BCUT2D eigenvalue weighted by Crippen LogP contribution is 2.16. The van der Waals surface area contributed by atoms with Gasteiger partial charge in [-0.2, -0.15) is 0 Å². The van der Waals surface area contributed by atoms with Crippen molar-refractivity contribution in [3.63, 3.8) is 0 Å². The SMILES string of the molecule is C[C@H](CCC(=O)O)C[C@@H](C)C(=O)O. The second-order valence-corrected chi connectivity index (χ2v) is 3.51.